The molecular weight excluding hydrogens is 347 g/mol. The first-order chi connectivity index (χ1) is 13.1. The van der Waals surface area contributed by atoms with Crippen molar-refractivity contribution in [3.63, 3.8) is 0 Å². The molecule has 0 saturated carbocycles. The van der Waals surface area contributed by atoms with Crippen molar-refractivity contribution in [3.05, 3.63) is 95.6 Å². The summed E-state index contributed by atoms with van der Waals surface area (Å²) in [5, 5.41) is 6.56. The molecule has 0 aliphatic rings. The molecule has 134 valence electrons. The van der Waals surface area contributed by atoms with E-state index in [4.69, 9.17) is 0 Å². The van der Waals surface area contributed by atoms with Crippen molar-refractivity contribution in [2.45, 2.75) is 0 Å². The molecule has 0 spiro atoms. The van der Waals surface area contributed by atoms with Crippen molar-refractivity contribution in [2.75, 3.05) is 5.32 Å². The van der Waals surface area contributed by atoms with Crippen LogP contribution in [0.1, 0.15) is 26.3 Å². The van der Waals surface area contributed by atoms with E-state index in [9.17, 15) is 14.0 Å². The second kappa shape index (κ2) is 8.48. The molecule has 0 radical (unpaired) electrons. The number of pyridine rings is 1. The SMILES string of the molecule is O=C(Nc1ccccc1C(=O)N/N=C/c1ccc(F)cc1)c1ccncc1. The fraction of sp³-hybridized carbons (Fsp3) is 0. The molecule has 0 atom stereocenters. The average Bonchev–Trinajstić information content (AvgIpc) is 2.70. The first kappa shape index (κ1) is 17.9. The lowest BCUT2D eigenvalue weighted by molar-refractivity contribution is 0.0956. The molecule has 27 heavy (non-hydrogen) atoms. The summed E-state index contributed by atoms with van der Waals surface area (Å²) in [5.74, 6) is -1.19. The van der Waals surface area contributed by atoms with Crippen LogP contribution < -0.4 is 10.7 Å². The van der Waals surface area contributed by atoms with Gasteiger partial charge in [0.2, 0.25) is 0 Å². The van der Waals surface area contributed by atoms with E-state index in [0.717, 1.165) is 0 Å². The molecule has 1 aromatic heterocycles. The molecule has 0 unspecified atom stereocenters. The Morgan fingerprint density at radius 3 is 2.37 bits per heavy atom. The number of carbonyl (C=O) groups excluding carboxylic acids is 2. The normalized spacial score (nSPS) is 10.6. The van der Waals surface area contributed by atoms with Crippen molar-refractivity contribution in [1.82, 2.24) is 10.4 Å². The van der Waals surface area contributed by atoms with Gasteiger partial charge in [-0.15, -0.1) is 0 Å². The van der Waals surface area contributed by atoms with Gasteiger partial charge in [-0.1, -0.05) is 24.3 Å². The van der Waals surface area contributed by atoms with Crippen LogP contribution in [0.15, 0.2) is 78.2 Å². The molecule has 3 aromatic rings. The number of hydrazone groups is 1. The molecule has 0 bridgehead atoms. The summed E-state index contributed by atoms with van der Waals surface area (Å²) in [4.78, 5) is 28.5. The van der Waals surface area contributed by atoms with Gasteiger partial charge in [0.1, 0.15) is 5.82 Å². The largest absolute Gasteiger partial charge is 0.321 e. The van der Waals surface area contributed by atoms with Gasteiger partial charge in [0.25, 0.3) is 11.8 Å². The Labute approximate surface area is 154 Å². The van der Waals surface area contributed by atoms with E-state index in [2.05, 4.69) is 20.8 Å². The standard InChI is InChI=1S/C20H15FN4O2/c21-16-7-5-14(6-8-16)13-23-25-20(27)17-3-1-2-4-18(17)24-19(26)15-9-11-22-12-10-15/h1-13H,(H,24,26)(H,25,27)/b23-13+. The van der Waals surface area contributed by atoms with Crippen LogP contribution in [0.2, 0.25) is 0 Å². The number of carbonyl (C=O) groups is 2. The number of nitrogens with one attached hydrogen (secondary N) is 2. The van der Waals surface area contributed by atoms with E-state index in [1.54, 1.807) is 36.4 Å². The Balaban J connectivity index is 1.70. The summed E-state index contributed by atoms with van der Waals surface area (Å²) < 4.78 is 12.9. The molecule has 3 rings (SSSR count). The third-order valence-electron chi connectivity index (χ3n) is 3.61. The summed E-state index contributed by atoms with van der Waals surface area (Å²) in [6.07, 6.45) is 4.42. The fourth-order valence-electron chi connectivity index (χ4n) is 2.26. The predicted molar refractivity (Wildman–Crippen MR) is 100 cm³/mol. The van der Waals surface area contributed by atoms with E-state index in [1.807, 2.05) is 0 Å². The molecule has 2 amide bonds. The van der Waals surface area contributed by atoms with E-state index < -0.39 is 5.91 Å². The molecule has 0 saturated heterocycles. The Kier molecular flexibility index (Phi) is 5.64. The van der Waals surface area contributed by atoms with Crippen molar-refractivity contribution >= 4 is 23.7 Å². The molecule has 0 fully saturated rings. The van der Waals surface area contributed by atoms with Crippen molar-refractivity contribution in [2.24, 2.45) is 5.10 Å². The van der Waals surface area contributed by atoms with Crippen LogP contribution in [-0.2, 0) is 0 Å². The van der Waals surface area contributed by atoms with E-state index in [1.165, 1.54) is 42.9 Å². The summed E-state index contributed by atoms with van der Waals surface area (Å²) in [7, 11) is 0. The summed E-state index contributed by atoms with van der Waals surface area (Å²) in [6, 6.07) is 15.4. The minimum absolute atomic E-state index is 0.260. The van der Waals surface area contributed by atoms with Gasteiger partial charge in [-0.25, -0.2) is 9.82 Å². The summed E-state index contributed by atoms with van der Waals surface area (Å²) in [5.41, 5.74) is 4.07. The van der Waals surface area contributed by atoms with Crippen molar-refractivity contribution < 1.29 is 14.0 Å². The maximum atomic E-state index is 12.9. The number of amides is 2. The Bertz CT molecular complexity index is 973. The maximum Gasteiger partial charge on any atom is 0.273 e. The molecule has 1 heterocycles. The molecule has 2 aromatic carbocycles. The second-order valence-electron chi connectivity index (χ2n) is 5.49. The average molecular weight is 362 g/mol. The van der Waals surface area contributed by atoms with E-state index in [-0.39, 0.29) is 17.3 Å². The smallest absolute Gasteiger partial charge is 0.273 e. The van der Waals surface area contributed by atoms with Gasteiger partial charge in [0.15, 0.2) is 0 Å². The zero-order chi connectivity index (χ0) is 19.1. The number of hydrogen-bond donors (Lipinski definition) is 2. The highest BCUT2D eigenvalue weighted by molar-refractivity contribution is 6.09. The zero-order valence-electron chi connectivity index (χ0n) is 14.1. The minimum Gasteiger partial charge on any atom is -0.321 e. The molecule has 0 aliphatic carbocycles. The molecular formula is C20H15FN4O2. The topological polar surface area (TPSA) is 83.5 Å². The van der Waals surface area contributed by atoms with Gasteiger partial charge in [-0.3, -0.25) is 14.6 Å². The molecule has 2 N–H and O–H groups in total. The van der Waals surface area contributed by atoms with Crippen LogP contribution in [0.25, 0.3) is 0 Å². The molecule has 7 heteroatoms. The van der Waals surface area contributed by atoms with Crippen LogP contribution in [0.4, 0.5) is 10.1 Å². The highest BCUT2D eigenvalue weighted by atomic mass is 19.1. The molecule has 0 aliphatic heterocycles. The zero-order valence-corrected chi connectivity index (χ0v) is 14.1. The monoisotopic (exact) mass is 362 g/mol. The molecule has 6 nitrogen and oxygen atoms in total. The van der Waals surface area contributed by atoms with Gasteiger partial charge in [-0.05, 0) is 42.0 Å². The maximum absolute atomic E-state index is 12.9. The van der Waals surface area contributed by atoms with Gasteiger partial charge in [0.05, 0.1) is 17.5 Å². The number of rotatable bonds is 5. The summed E-state index contributed by atoms with van der Waals surface area (Å²) in [6.45, 7) is 0. The van der Waals surface area contributed by atoms with E-state index in [0.29, 0.717) is 16.8 Å². The fourth-order valence-corrected chi connectivity index (χ4v) is 2.26. The van der Waals surface area contributed by atoms with E-state index >= 15 is 0 Å². The first-order valence-corrected chi connectivity index (χ1v) is 8.03. The van der Waals surface area contributed by atoms with Gasteiger partial charge >= 0.3 is 0 Å². The minimum atomic E-state index is -0.487. The predicted octanol–water partition coefficient (Wildman–Crippen LogP) is 3.24. The van der Waals surface area contributed by atoms with Crippen LogP contribution in [0.3, 0.4) is 0 Å². The van der Waals surface area contributed by atoms with Gasteiger partial charge in [-0.2, -0.15) is 5.10 Å². The first-order valence-electron chi connectivity index (χ1n) is 8.03. The Hall–Kier alpha value is -3.87. The Morgan fingerprint density at radius 1 is 0.926 bits per heavy atom. The lowest BCUT2D eigenvalue weighted by Crippen LogP contribution is -2.21. The quantitative estimate of drug-likeness (QED) is 0.540. The highest BCUT2D eigenvalue weighted by Gasteiger charge is 2.13. The van der Waals surface area contributed by atoms with Gasteiger partial charge in [0, 0.05) is 18.0 Å². The number of nitrogens with zero attached hydrogens (tertiary/aromatic N) is 2. The number of para-hydroxylation sites is 1. The lowest BCUT2D eigenvalue weighted by Gasteiger charge is -2.09. The number of hydrogen-bond acceptors (Lipinski definition) is 4. The number of aromatic nitrogens is 1. The van der Waals surface area contributed by atoms with Crippen molar-refractivity contribution in [3.8, 4) is 0 Å². The van der Waals surface area contributed by atoms with Crippen LogP contribution in [0.5, 0.6) is 0 Å². The number of benzene rings is 2. The highest BCUT2D eigenvalue weighted by Crippen LogP contribution is 2.16. The Morgan fingerprint density at radius 2 is 1.63 bits per heavy atom. The second-order valence-corrected chi connectivity index (χ2v) is 5.49. The van der Waals surface area contributed by atoms with Crippen molar-refractivity contribution in [1.29, 1.82) is 0 Å². The summed E-state index contributed by atoms with van der Waals surface area (Å²) >= 11 is 0. The lowest BCUT2D eigenvalue weighted by atomic mass is 10.1. The third kappa shape index (κ3) is 4.82. The third-order valence-corrected chi connectivity index (χ3v) is 3.61. The number of anilines is 1. The van der Waals surface area contributed by atoms with Crippen LogP contribution in [0, 0.1) is 5.82 Å². The van der Waals surface area contributed by atoms with Crippen LogP contribution in [-0.4, -0.2) is 23.0 Å². The van der Waals surface area contributed by atoms with Gasteiger partial charge < -0.3 is 5.32 Å². The van der Waals surface area contributed by atoms with Crippen LogP contribution >= 0.6 is 0 Å². The number of halogens is 1.